The number of carboxylic acids is 1. The lowest BCUT2D eigenvalue weighted by Gasteiger charge is -2.32. The first-order chi connectivity index (χ1) is 9.97. The van der Waals surface area contributed by atoms with E-state index in [4.69, 9.17) is 16.7 Å². The fourth-order valence-electron chi connectivity index (χ4n) is 2.02. The van der Waals surface area contributed by atoms with Gasteiger partial charge in [0, 0.05) is 23.8 Å². The van der Waals surface area contributed by atoms with Crippen LogP contribution in [0.3, 0.4) is 0 Å². The van der Waals surface area contributed by atoms with Gasteiger partial charge < -0.3 is 15.3 Å². The summed E-state index contributed by atoms with van der Waals surface area (Å²) in [6, 6.07) is 5.82. The first-order valence-electron chi connectivity index (χ1n) is 6.28. The number of carbonyl (C=O) groups excluding carboxylic acids is 2. The van der Waals surface area contributed by atoms with Crippen LogP contribution in [-0.2, 0) is 9.59 Å². The molecule has 7 nitrogen and oxygen atoms in total. The molecule has 1 aliphatic heterocycles. The molecule has 0 aliphatic carbocycles. The molecule has 112 valence electrons. The zero-order valence-corrected chi connectivity index (χ0v) is 11.8. The molecule has 0 spiro atoms. The third-order valence-corrected chi connectivity index (χ3v) is 3.19. The van der Waals surface area contributed by atoms with Crippen LogP contribution in [0.4, 0.5) is 10.5 Å². The fourth-order valence-corrected chi connectivity index (χ4v) is 2.21. The SMILES string of the molecule is O=C(O)CN(C(=O)N1CCNC(=O)C1)c1cccc(Cl)c1. The molecule has 0 atom stereocenters. The molecular formula is C13H14ClN3O4. The molecule has 1 heterocycles. The molecule has 0 bridgehead atoms. The zero-order valence-electron chi connectivity index (χ0n) is 11.1. The number of rotatable bonds is 3. The molecule has 2 N–H and O–H groups in total. The molecule has 2 rings (SSSR count). The van der Waals surface area contributed by atoms with Crippen molar-refractivity contribution in [3.8, 4) is 0 Å². The summed E-state index contributed by atoms with van der Waals surface area (Å²) in [7, 11) is 0. The monoisotopic (exact) mass is 311 g/mol. The summed E-state index contributed by atoms with van der Waals surface area (Å²) in [4.78, 5) is 37.2. The van der Waals surface area contributed by atoms with Gasteiger partial charge >= 0.3 is 12.0 Å². The van der Waals surface area contributed by atoms with Gasteiger partial charge in [-0.15, -0.1) is 0 Å². The lowest BCUT2D eigenvalue weighted by atomic mass is 10.3. The Morgan fingerprint density at radius 2 is 2.19 bits per heavy atom. The van der Waals surface area contributed by atoms with Crippen LogP contribution in [0.5, 0.6) is 0 Å². The molecule has 0 saturated carbocycles. The van der Waals surface area contributed by atoms with Crippen molar-refractivity contribution < 1.29 is 19.5 Å². The lowest BCUT2D eigenvalue weighted by Crippen LogP contribution is -2.54. The number of urea groups is 1. The van der Waals surface area contributed by atoms with Crippen molar-refractivity contribution in [2.75, 3.05) is 31.1 Å². The van der Waals surface area contributed by atoms with Gasteiger partial charge in [-0.3, -0.25) is 14.5 Å². The Morgan fingerprint density at radius 1 is 1.43 bits per heavy atom. The third kappa shape index (κ3) is 3.85. The van der Waals surface area contributed by atoms with Gasteiger partial charge in [0.15, 0.2) is 0 Å². The van der Waals surface area contributed by atoms with Crippen molar-refractivity contribution in [1.82, 2.24) is 10.2 Å². The number of nitrogens with zero attached hydrogens (tertiary/aromatic N) is 2. The summed E-state index contributed by atoms with van der Waals surface area (Å²) in [5.74, 6) is -1.42. The highest BCUT2D eigenvalue weighted by atomic mass is 35.5. The summed E-state index contributed by atoms with van der Waals surface area (Å²) in [6.45, 7) is 0.0924. The molecule has 1 aromatic carbocycles. The number of hydrogen-bond donors (Lipinski definition) is 2. The number of carbonyl (C=O) groups is 3. The number of aliphatic carboxylic acids is 1. The van der Waals surface area contributed by atoms with Crippen LogP contribution in [0.15, 0.2) is 24.3 Å². The quantitative estimate of drug-likeness (QED) is 0.863. The Morgan fingerprint density at radius 3 is 2.81 bits per heavy atom. The van der Waals surface area contributed by atoms with Crippen molar-refractivity contribution in [2.45, 2.75) is 0 Å². The molecule has 3 amide bonds. The van der Waals surface area contributed by atoms with Gasteiger partial charge in [0.05, 0.1) is 0 Å². The van der Waals surface area contributed by atoms with Crippen LogP contribution >= 0.6 is 11.6 Å². The van der Waals surface area contributed by atoms with E-state index in [2.05, 4.69) is 5.32 Å². The highest BCUT2D eigenvalue weighted by Crippen LogP contribution is 2.21. The summed E-state index contributed by atoms with van der Waals surface area (Å²) >= 11 is 5.88. The van der Waals surface area contributed by atoms with E-state index in [0.29, 0.717) is 23.8 Å². The van der Waals surface area contributed by atoms with Crippen LogP contribution in [-0.4, -0.2) is 54.1 Å². The highest BCUT2D eigenvalue weighted by molar-refractivity contribution is 6.30. The number of halogens is 1. The number of carboxylic acid groups (broad SMARTS) is 1. The van der Waals surface area contributed by atoms with Crippen LogP contribution in [0.1, 0.15) is 0 Å². The van der Waals surface area contributed by atoms with E-state index < -0.39 is 18.5 Å². The molecular weight excluding hydrogens is 298 g/mol. The molecule has 0 unspecified atom stereocenters. The average Bonchev–Trinajstić information content (AvgIpc) is 2.44. The summed E-state index contributed by atoms with van der Waals surface area (Å²) in [6.07, 6.45) is 0. The standard InChI is InChI=1S/C13H14ClN3O4/c14-9-2-1-3-10(6-9)17(8-12(19)20)13(21)16-5-4-15-11(18)7-16/h1-3,6H,4-5,7-8H2,(H,15,18)(H,19,20). The van der Waals surface area contributed by atoms with Gasteiger partial charge in [-0.25, -0.2) is 4.79 Å². The van der Waals surface area contributed by atoms with Gasteiger partial charge in [0.2, 0.25) is 5.91 Å². The Labute approximate surface area is 126 Å². The van der Waals surface area contributed by atoms with Gasteiger partial charge in [-0.05, 0) is 18.2 Å². The van der Waals surface area contributed by atoms with E-state index in [1.165, 1.54) is 11.0 Å². The van der Waals surface area contributed by atoms with Gasteiger partial charge in [-0.2, -0.15) is 0 Å². The second kappa shape index (κ2) is 6.45. The minimum atomic E-state index is -1.15. The molecule has 1 aliphatic rings. The predicted molar refractivity (Wildman–Crippen MR) is 76.4 cm³/mol. The van der Waals surface area contributed by atoms with Crippen molar-refractivity contribution in [2.24, 2.45) is 0 Å². The smallest absolute Gasteiger partial charge is 0.325 e. The van der Waals surface area contributed by atoms with E-state index in [9.17, 15) is 14.4 Å². The molecule has 1 fully saturated rings. The lowest BCUT2D eigenvalue weighted by molar-refractivity contribution is -0.135. The molecule has 0 aromatic heterocycles. The summed E-state index contributed by atoms with van der Waals surface area (Å²) < 4.78 is 0. The van der Waals surface area contributed by atoms with Crippen LogP contribution in [0.2, 0.25) is 5.02 Å². The number of benzene rings is 1. The second-order valence-electron chi connectivity index (χ2n) is 4.51. The predicted octanol–water partition coefficient (Wildman–Crippen LogP) is 0.783. The van der Waals surface area contributed by atoms with Crippen molar-refractivity contribution in [1.29, 1.82) is 0 Å². The van der Waals surface area contributed by atoms with E-state index in [-0.39, 0.29) is 12.5 Å². The van der Waals surface area contributed by atoms with Crippen molar-refractivity contribution >= 4 is 35.2 Å². The number of amides is 3. The van der Waals surface area contributed by atoms with E-state index in [0.717, 1.165) is 4.90 Å². The molecule has 0 radical (unpaired) electrons. The Balaban J connectivity index is 2.24. The Hall–Kier alpha value is -2.28. The molecule has 1 saturated heterocycles. The number of piperazine rings is 1. The molecule has 8 heteroatoms. The van der Waals surface area contributed by atoms with Crippen molar-refractivity contribution in [3.05, 3.63) is 29.3 Å². The van der Waals surface area contributed by atoms with Crippen LogP contribution < -0.4 is 10.2 Å². The van der Waals surface area contributed by atoms with E-state index in [1.54, 1.807) is 18.2 Å². The maximum atomic E-state index is 12.5. The minimum Gasteiger partial charge on any atom is -0.480 e. The fraction of sp³-hybridized carbons (Fsp3) is 0.308. The number of anilines is 1. The van der Waals surface area contributed by atoms with Gasteiger partial charge in [-0.1, -0.05) is 17.7 Å². The van der Waals surface area contributed by atoms with E-state index in [1.807, 2.05) is 0 Å². The van der Waals surface area contributed by atoms with Gasteiger partial charge in [0.1, 0.15) is 13.1 Å². The maximum Gasteiger partial charge on any atom is 0.325 e. The second-order valence-corrected chi connectivity index (χ2v) is 4.95. The maximum absolute atomic E-state index is 12.5. The Bertz CT molecular complexity index is 578. The largest absolute Gasteiger partial charge is 0.480 e. The topological polar surface area (TPSA) is 89.9 Å². The molecule has 21 heavy (non-hydrogen) atoms. The summed E-state index contributed by atoms with van der Waals surface area (Å²) in [5.41, 5.74) is 0.376. The Kier molecular flexibility index (Phi) is 4.64. The summed E-state index contributed by atoms with van der Waals surface area (Å²) in [5, 5.41) is 12.0. The number of hydrogen-bond acceptors (Lipinski definition) is 3. The number of nitrogens with one attached hydrogen (secondary N) is 1. The van der Waals surface area contributed by atoms with Crippen molar-refractivity contribution in [3.63, 3.8) is 0 Å². The molecule has 1 aromatic rings. The minimum absolute atomic E-state index is 0.0878. The van der Waals surface area contributed by atoms with E-state index >= 15 is 0 Å². The van der Waals surface area contributed by atoms with Crippen LogP contribution in [0.25, 0.3) is 0 Å². The first kappa shape index (κ1) is 15.1. The zero-order chi connectivity index (χ0) is 15.4. The first-order valence-corrected chi connectivity index (χ1v) is 6.65. The third-order valence-electron chi connectivity index (χ3n) is 2.95. The highest BCUT2D eigenvalue weighted by Gasteiger charge is 2.28. The average molecular weight is 312 g/mol. The van der Waals surface area contributed by atoms with Gasteiger partial charge in [0.25, 0.3) is 0 Å². The normalized spacial score (nSPS) is 14.5. The van der Waals surface area contributed by atoms with Crippen LogP contribution in [0, 0.1) is 0 Å².